The van der Waals surface area contributed by atoms with Crippen LogP contribution in [0.1, 0.15) is 39.3 Å². The van der Waals surface area contributed by atoms with Gasteiger partial charge in [-0.05, 0) is 49.5 Å². The minimum absolute atomic E-state index is 0.322. The summed E-state index contributed by atoms with van der Waals surface area (Å²) in [5, 5.41) is 10.7. The summed E-state index contributed by atoms with van der Waals surface area (Å²) in [6.07, 6.45) is 4.27. The van der Waals surface area contributed by atoms with E-state index in [4.69, 9.17) is 4.74 Å². The number of hydrogen-bond acceptors (Lipinski definition) is 5. The van der Waals surface area contributed by atoms with Crippen LogP contribution in [0.4, 0.5) is 4.79 Å². The van der Waals surface area contributed by atoms with Gasteiger partial charge in [0.05, 0.1) is 15.8 Å². The molecule has 7 heteroatoms. The molecule has 0 atom stereocenters. The molecule has 1 saturated heterocycles. The second kappa shape index (κ2) is 6.50. The summed E-state index contributed by atoms with van der Waals surface area (Å²) in [7, 11) is 0. The maximum Gasteiger partial charge on any atom is 0.410 e. The Morgan fingerprint density at radius 3 is 2.64 bits per heavy atom. The molecule has 0 aromatic carbocycles. The van der Waals surface area contributed by atoms with Gasteiger partial charge < -0.3 is 14.7 Å². The van der Waals surface area contributed by atoms with Crippen molar-refractivity contribution in [2.24, 2.45) is 0 Å². The predicted molar refractivity (Wildman–Crippen MR) is 85.4 cm³/mol. The Morgan fingerprint density at radius 1 is 1.45 bits per heavy atom. The van der Waals surface area contributed by atoms with Crippen LogP contribution in [0.5, 0.6) is 0 Å². The Labute approximate surface area is 139 Å². The molecule has 1 aromatic heterocycles. The minimum atomic E-state index is -0.852. The second-order valence-corrected chi connectivity index (χ2v) is 7.54. The number of ether oxygens (including phenoxy) is 1. The van der Waals surface area contributed by atoms with E-state index in [0.29, 0.717) is 32.4 Å². The van der Waals surface area contributed by atoms with E-state index in [-0.39, 0.29) is 6.09 Å². The van der Waals surface area contributed by atoms with Crippen molar-refractivity contribution in [3.05, 3.63) is 22.7 Å². The Balaban J connectivity index is 1.93. The monoisotopic (exact) mass is 371 g/mol. The van der Waals surface area contributed by atoms with Gasteiger partial charge in [-0.2, -0.15) is 0 Å². The topological polar surface area (TPSA) is 75.5 Å². The number of nitrogens with zero attached hydrogens (tertiary/aromatic N) is 3. The van der Waals surface area contributed by atoms with Crippen LogP contribution in [-0.2, 0) is 11.2 Å². The summed E-state index contributed by atoms with van der Waals surface area (Å²) >= 11 is 3.39. The number of aliphatic hydroxyl groups is 1. The Kier molecular flexibility index (Phi) is 5.07. The third kappa shape index (κ3) is 4.64. The van der Waals surface area contributed by atoms with Crippen LogP contribution in [0.2, 0.25) is 0 Å². The van der Waals surface area contributed by atoms with Crippen molar-refractivity contribution >= 4 is 22.0 Å². The van der Waals surface area contributed by atoms with Gasteiger partial charge in [0.1, 0.15) is 11.9 Å². The van der Waals surface area contributed by atoms with E-state index < -0.39 is 11.2 Å². The van der Waals surface area contributed by atoms with Crippen molar-refractivity contribution in [2.45, 2.75) is 51.2 Å². The average Bonchev–Trinajstić information content (AvgIpc) is 2.40. The molecule has 122 valence electrons. The molecule has 2 rings (SSSR count). The minimum Gasteiger partial charge on any atom is -0.444 e. The number of aromatic nitrogens is 2. The van der Waals surface area contributed by atoms with Crippen LogP contribution < -0.4 is 0 Å². The van der Waals surface area contributed by atoms with Crippen LogP contribution in [0.3, 0.4) is 0 Å². The SMILES string of the molecule is CC(C)(C)OC(=O)N1CCC(O)(Cc2ncncc2Br)CC1. The van der Waals surface area contributed by atoms with E-state index in [2.05, 4.69) is 25.9 Å². The van der Waals surface area contributed by atoms with E-state index in [9.17, 15) is 9.90 Å². The van der Waals surface area contributed by atoms with Crippen molar-refractivity contribution in [1.82, 2.24) is 14.9 Å². The van der Waals surface area contributed by atoms with Gasteiger partial charge in [-0.25, -0.2) is 14.8 Å². The highest BCUT2D eigenvalue weighted by Gasteiger charge is 2.36. The Hall–Kier alpha value is -1.21. The van der Waals surface area contributed by atoms with Crippen molar-refractivity contribution in [3.8, 4) is 0 Å². The molecular formula is C15H22BrN3O3. The third-order valence-electron chi connectivity index (χ3n) is 3.59. The van der Waals surface area contributed by atoms with E-state index >= 15 is 0 Å². The van der Waals surface area contributed by atoms with Gasteiger partial charge in [-0.15, -0.1) is 0 Å². The number of piperidine rings is 1. The van der Waals surface area contributed by atoms with E-state index in [1.165, 1.54) is 6.33 Å². The molecule has 0 spiro atoms. The van der Waals surface area contributed by atoms with Crippen molar-refractivity contribution in [1.29, 1.82) is 0 Å². The molecule has 1 amide bonds. The first-order valence-corrected chi connectivity index (χ1v) is 8.13. The van der Waals surface area contributed by atoms with Gasteiger partial charge in [0.15, 0.2) is 0 Å². The smallest absolute Gasteiger partial charge is 0.410 e. The maximum absolute atomic E-state index is 12.0. The highest BCUT2D eigenvalue weighted by atomic mass is 79.9. The molecule has 1 aromatic rings. The number of hydrogen-bond donors (Lipinski definition) is 1. The molecule has 22 heavy (non-hydrogen) atoms. The van der Waals surface area contributed by atoms with Gasteiger partial charge in [0, 0.05) is 25.7 Å². The molecule has 0 aliphatic carbocycles. The lowest BCUT2D eigenvalue weighted by atomic mass is 9.87. The second-order valence-electron chi connectivity index (χ2n) is 6.69. The molecular weight excluding hydrogens is 350 g/mol. The molecule has 0 bridgehead atoms. The fraction of sp³-hybridized carbons (Fsp3) is 0.667. The zero-order valence-corrected chi connectivity index (χ0v) is 14.8. The van der Waals surface area contributed by atoms with Gasteiger partial charge in [0.2, 0.25) is 0 Å². The number of halogens is 1. The lowest BCUT2D eigenvalue weighted by Gasteiger charge is -2.38. The standard InChI is InChI=1S/C15H22BrN3O3/c1-14(2,3)22-13(20)19-6-4-15(21,5-7-19)8-12-11(16)9-17-10-18-12/h9-10,21H,4-8H2,1-3H3. The lowest BCUT2D eigenvalue weighted by molar-refractivity contribution is -0.0320. The van der Waals surface area contributed by atoms with Gasteiger partial charge >= 0.3 is 6.09 Å². The maximum atomic E-state index is 12.0. The highest BCUT2D eigenvalue weighted by molar-refractivity contribution is 9.10. The number of amides is 1. The molecule has 1 N–H and O–H groups in total. The van der Waals surface area contributed by atoms with Gasteiger partial charge in [-0.3, -0.25) is 0 Å². The van der Waals surface area contributed by atoms with Crippen LogP contribution in [0.15, 0.2) is 17.0 Å². The summed E-state index contributed by atoms with van der Waals surface area (Å²) in [5.74, 6) is 0. The summed E-state index contributed by atoms with van der Waals surface area (Å²) in [4.78, 5) is 21.8. The number of rotatable bonds is 2. The molecule has 0 saturated carbocycles. The first-order chi connectivity index (χ1) is 10.2. The van der Waals surface area contributed by atoms with Crippen molar-refractivity contribution in [2.75, 3.05) is 13.1 Å². The van der Waals surface area contributed by atoms with Crippen LogP contribution >= 0.6 is 15.9 Å². The number of carbonyl (C=O) groups is 1. The third-order valence-corrected chi connectivity index (χ3v) is 4.25. The van der Waals surface area contributed by atoms with Crippen molar-refractivity contribution in [3.63, 3.8) is 0 Å². The summed E-state index contributed by atoms with van der Waals surface area (Å²) in [6.45, 7) is 6.50. The molecule has 2 heterocycles. The fourth-order valence-electron chi connectivity index (χ4n) is 2.39. The van der Waals surface area contributed by atoms with Gasteiger partial charge in [-0.1, -0.05) is 0 Å². The molecule has 0 radical (unpaired) electrons. The Bertz CT molecular complexity index is 537. The van der Waals surface area contributed by atoms with Crippen LogP contribution in [-0.4, -0.2) is 50.4 Å². The van der Waals surface area contributed by atoms with Gasteiger partial charge in [0.25, 0.3) is 0 Å². The van der Waals surface area contributed by atoms with E-state index in [1.807, 2.05) is 20.8 Å². The summed E-state index contributed by atoms with van der Waals surface area (Å²) in [6, 6.07) is 0. The quantitative estimate of drug-likeness (QED) is 0.864. The summed E-state index contributed by atoms with van der Waals surface area (Å²) in [5.41, 5.74) is -0.574. The molecule has 1 aliphatic rings. The number of carbonyl (C=O) groups excluding carboxylic acids is 1. The fourth-order valence-corrected chi connectivity index (χ4v) is 2.75. The first kappa shape index (κ1) is 17.1. The average molecular weight is 372 g/mol. The first-order valence-electron chi connectivity index (χ1n) is 7.33. The van der Waals surface area contributed by atoms with E-state index in [1.54, 1.807) is 11.1 Å². The molecule has 0 unspecified atom stereocenters. The molecule has 1 aliphatic heterocycles. The molecule has 6 nitrogen and oxygen atoms in total. The van der Waals surface area contributed by atoms with Crippen LogP contribution in [0.25, 0.3) is 0 Å². The zero-order valence-electron chi connectivity index (χ0n) is 13.2. The van der Waals surface area contributed by atoms with Crippen molar-refractivity contribution < 1.29 is 14.6 Å². The predicted octanol–water partition coefficient (Wildman–Crippen LogP) is 2.54. The lowest BCUT2D eigenvalue weighted by Crippen LogP contribution is -2.49. The number of likely N-dealkylation sites (tertiary alicyclic amines) is 1. The van der Waals surface area contributed by atoms with E-state index in [0.717, 1.165) is 10.2 Å². The largest absolute Gasteiger partial charge is 0.444 e. The van der Waals surface area contributed by atoms with Crippen LogP contribution in [0, 0.1) is 0 Å². The molecule has 1 fully saturated rings. The summed E-state index contributed by atoms with van der Waals surface area (Å²) < 4.78 is 6.15. The Morgan fingerprint density at radius 2 is 2.09 bits per heavy atom. The highest BCUT2D eigenvalue weighted by Crippen LogP contribution is 2.28. The normalized spacial score (nSPS) is 18.1. The zero-order chi connectivity index (χ0) is 16.4.